The molecule has 3 aliphatic heterocycles. The summed E-state index contributed by atoms with van der Waals surface area (Å²) < 4.78 is 41.4. The van der Waals surface area contributed by atoms with Crippen LogP contribution in [0.3, 0.4) is 0 Å². The number of ether oxygens (including phenoxy) is 7. The number of hydrogen-bond acceptors (Lipinski definition) is 9. The smallest absolute Gasteiger partial charge is 0.231 e. The van der Waals surface area contributed by atoms with Crippen LogP contribution in [-0.4, -0.2) is 56.8 Å². The van der Waals surface area contributed by atoms with E-state index in [2.05, 4.69) is 6.07 Å². The van der Waals surface area contributed by atoms with Gasteiger partial charge in [-0.3, -0.25) is 0 Å². The Morgan fingerprint density at radius 1 is 1.18 bits per heavy atom. The van der Waals surface area contributed by atoms with Crippen LogP contribution in [0.25, 0.3) is 0 Å². The van der Waals surface area contributed by atoms with Crippen LogP contribution in [0.15, 0.2) is 29.6 Å². The van der Waals surface area contributed by atoms with Crippen LogP contribution in [0.5, 0.6) is 11.5 Å². The zero-order chi connectivity index (χ0) is 22.4. The van der Waals surface area contributed by atoms with Gasteiger partial charge in [0.1, 0.15) is 12.2 Å². The van der Waals surface area contributed by atoms with Crippen molar-refractivity contribution in [1.29, 1.82) is 0 Å². The summed E-state index contributed by atoms with van der Waals surface area (Å²) in [5.41, 5.74) is 2.26. The molecule has 4 heterocycles. The van der Waals surface area contributed by atoms with E-state index in [1.54, 1.807) is 18.4 Å². The van der Waals surface area contributed by atoms with Crippen molar-refractivity contribution in [3.8, 4) is 11.5 Å². The third-order valence-electron chi connectivity index (χ3n) is 6.81. The lowest BCUT2D eigenvalue weighted by molar-refractivity contribution is -0.344. The second-order valence-electron chi connectivity index (χ2n) is 8.90. The normalized spacial score (nSPS) is 35.2. The van der Waals surface area contributed by atoms with E-state index < -0.39 is 30.9 Å². The maximum atomic E-state index is 10.9. The van der Waals surface area contributed by atoms with E-state index in [4.69, 9.17) is 33.2 Å². The molecule has 0 amide bonds. The van der Waals surface area contributed by atoms with Crippen LogP contribution >= 0.6 is 11.3 Å². The van der Waals surface area contributed by atoms with Gasteiger partial charge < -0.3 is 38.3 Å². The first-order chi connectivity index (χ1) is 16.2. The van der Waals surface area contributed by atoms with Crippen molar-refractivity contribution in [2.45, 2.75) is 56.3 Å². The second kappa shape index (κ2) is 9.14. The maximum absolute atomic E-state index is 10.9. The molecule has 33 heavy (non-hydrogen) atoms. The zero-order valence-corrected chi connectivity index (χ0v) is 19.2. The van der Waals surface area contributed by atoms with Gasteiger partial charge in [-0.1, -0.05) is 6.07 Å². The maximum Gasteiger partial charge on any atom is 0.231 e. The number of fused-ring (bicyclic) bond motifs is 3. The van der Waals surface area contributed by atoms with Crippen LogP contribution in [0, 0.1) is 5.92 Å². The minimum Gasteiger partial charge on any atom is -0.454 e. The van der Waals surface area contributed by atoms with Crippen LogP contribution in [0.2, 0.25) is 0 Å². The second-order valence-corrected chi connectivity index (χ2v) is 9.88. The molecular weight excluding hydrogens is 448 g/mol. The molecule has 6 unspecified atom stereocenters. The standard InChI is InChI=1S/C24H28O8S/c1-26-10-14-5-4-13-7-17-18(29-12-28-17)8-15(13)22(14)31-21-9-16(25)23-19(30-21)11-27-24(32-23)20-3-2-6-33-20/h2-3,6-8,14,16,19,21-25H,4-5,9-12H2,1H3/t14?,16?,19?,21?,22?,23?,24-/m1/s1. The molecule has 6 rings (SSSR count). The molecule has 9 heteroatoms. The van der Waals surface area contributed by atoms with Crippen LogP contribution < -0.4 is 9.47 Å². The molecule has 8 nitrogen and oxygen atoms in total. The van der Waals surface area contributed by atoms with E-state index in [1.165, 1.54) is 5.56 Å². The van der Waals surface area contributed by atoms with Gasteiger partial charge in [-0.25, -0.2) is 0 Å². The third kappa shape index (κ3) is 4.16. The predicted octanol–water partition coefficient (Wildman–Crippen LogP) is 3.33. The summed E-state index contributed by atoms with van der Waals surface area (Å²) in [6.45, 7) is 1.15. The van der Waals surface area contributed by atoms with Gasteiger partial charge >= 0.3 is 0 Å². The Balaban J connectivity index is 1.19. The Labute approximate surface area is 196 Å². The van der Waals surface area contributed by atoms with Gasteiger partial charge in [0.15, 0.2) is 24.1 Å². The first kappa shape index (κ1) is 21.8. The highest BCUT2D eigenvalue weighted by Crippen LogP contribution is 2.45. The Bertz CT molecular complexity index is 966. The first-order valence-corrected chi connectivity index (χ1v) is 12.3. The Morgan fingerprint density at radius 2 is 2.06 bits per heavy atom. The minimum atomic E-state index is -0.708. The Hall–Kier alpha value is -1.72. The third-order valence-corrected chi connectivity index (χ3v) is 7.70. The van der Waals surface area contributed by atoms with Gasteiger partial charge in [0, 0.05) is 19.4 Å². The molecule has 4 aliphatic rings. The molecule has 1 aromatic heterocycles. The van der Waals surface area contributed by atoms with Crippen molar-refractivity contribution in [3.63, 3.8) is 0 Å². The van der Waals surface area contributed by atoms with Crippen molar-refractivity contribution >= 4 is 11.3 Å². The number of benzene rings is 1. The molecule has 2 aromatic rings. The highest BCUT2D eigenvalue weighted by molar-refractivity contribution is 7.10. The van der Waals surface area contributed by atoms with E-state index >= 15 is 0 Å². The van der Waals surface area contributed by atoms with Gasteiger partial charge in [-0.2, -0.15) is 0 Å². The molecule has 0 radical (unpaired) electrons. The molecular formula is C24H28O8S. The molecule has 7 atom stereocenters. The summed E-state index contributed by atoms with van der Waals surface area (Å²) in [5.74, 6) is 1.68. The van der Waals surface area contributed by atoms with Crippen LogP contribution in [-0.2, 0) is 30.1 Å². The molecule has 0 spiro atoms. The van der Waals surface area contributed by atoms with E-state index in [0.29, 0.717) is 19.6 Å². The Morgan fingerprint density at radius 3 is 2.88 bits per heavy atom. The van der Waals surface area contributed by atoms with Crippen molar-refractivity contribution in [3.05, 3.63) is 45.6 Å². The minimum absolute atomic E-state index is 0.170. The quantitative estimate of drug-likeness (QED) is 0.704. The molecule has 0 bridgehead atoms. The summed E-state index contributed by atoms with van der Waals surface area (Å²) in [6.07, 6.45) is -0.652. The number of methoxy groups -OCH3 is 1. The largest absolute Gasteiger partial charge is 0.454 e. The van der Waals surface area contributed by atoms with Crippen molar-refractivity contribution in [2.75, 3.05) is 27.1 Å². The number of aliphatic hydroxyl groups is 1. The first-order valence-electron chi connectivity index (χ1n) is 11.4. The number of rotatable bonds is 5. The summed E-state index contributed by atoms with van der Waals surface area (Å²) in [5, 5.41) is 12.9. The molecule has 1 aromatic carbocycles. The lowest BCUT2D eigenvalue weighted by atomic mass is 9.81. The highest BCUT2D eigenvalue weighted by Gasteiger charge is 2.46. The van der Waals surface area contributed by atoms with Crippen molar-refractivity contribution in [2.24, 2.45) is 5.92 Å². The summed E-state index contributed by atoms with van der Waals surface area (Å²) in [6, 6.07) is 8.00. The van der Waals surface area contributed by atoms with E-state index in [0.717, 1.165) is 34.8 Å². The lowest BCUT2D eigenvalue weighted by Gasteiger charge is -2.45. The zero-order valence-electron chi connectivity index (χ0n) is 18.4. The van der Waals surface area contributed by atoms with Crippen LogP contribution in [0.4, 0.5) is 0 Å². The number of aliphatic hydroxyl groups excluding tert-OH is 1. The van der Waals surface area contributed by atoms with E-state index in [1.807, 2.05) is 23.6 Å². The van der Waals surface area contributed by atoms with Gasteiger partial charge in [0.2, 0.25) is 6.79 Å². The molecule has 178 valence electrons. The molecule has 1 aliphatic carbocycles. The summed E-state index contributed by atoms with van der Waals surface area (Å²) in [7, 11) is 1.71. The lowest BCUT2D eigenvalue weighted by Crippen LogP contribution is -2.55. The van der Waals surface area contributed by atoms with Gasteiger partial charge in [0.05, 0.1) is 30.3 Å². The average molecular weight is 477 g/mol. The monoisotopic (exact) mass is 476 g/mol. The predicted molar refractivity (Wildman–Crippen MR) is 117 cm³/mol. The molecule has 1 N–H and O–H groups in total. The van der Waals surface area contributed by atoms with Gasteiger partial charge in [-0.05, 0) is 47.5 Å². The Kier molecular flexibility index (Phi) is 6.04. The summed E-state index contributed by atoms with van der Waals surface area (Å²) >= 11 is 1.57. The number of thiophene rings is 1. The summed E-state index contributed by atoms with van der Waals surface area (Å²) in [4.78, 5) is 0.985. The fraction of sp³-hybridized carbons (Fsp3) is 0.583. The van der Waals surface area contributed by atoms with Gasteiger partial charge in [-0.15, -0.1) is 11.3 Å². The fourth-order valence-corrected chi connectivity index (χ4v) is 5.91. The fourth-order valence-electron chi connectivity index (χ4n) is 5.21. The van der Waals surface area contributed by atoms with Crippen LogP contribution in [0.1, 0.15) is 41.2 Å². The molecule has 2 fully saturated rings. The molecule has 2 saturated heterocycles. The number of hydrogen-bond donors (Lipinski definition) is 1. The SMILES string of the molecule is COCC1CCc2cc3c(cc2C1OC1CC(O)C2O[C@H](c4cccs4)OCC2O1)OCO3. The van der Waals surface area contributed by atoms with Crippen molar-refractivity contribution in [1.82, 2.24) is 0 Å². The van der Waals surface area contributed by atoms with E-state index in [-0.39, 0.29) is 18.8 Å². The highest BCUT2D eigenvalue weighted by atomic mass is 32.1. The van der Waals surface area contributed by atoms with E-state index in [9.17, 15) is 5.11 Å². The topological polar surface area (TPSA) is 84.8 Å². The number of aryl methyl sites for hydroxylation is 1. The average Bonchev–Trinajstić information content (AvgIpc) is 3.51. The molecule has 0 saturated carbocycles. The van der Waals surface area contributed by atoms with Crippen molar-refractivity contribution < 1.29 is 38.3 Å². The van der Waals surface area contributed by atoms with Gasteiger partial charge in [0.25, 0.3) is 0 Å².